The molecule has 3 rings (SSSR count). The molecule has 0 spiro atoms. The highest BCUT2D eigenvalue weighted by atomic mass is 16.5. The molecular weight excluding hydrogens is 302 g/mol. The number of nitrogens with zero attached hydrogens (tertiary/aromatic N) is 1. The Bertz CT molecular complexity index is 747. The highest BCUT2D eigenvalue weighted by molar-refractivity contribution is 6.04. The van der Waals surface area contributed by atoms with E-state index in [-0.39, 0.29) is 17.6 Å². The van der Waals surface area contributed by atoms with Gasteiger partial charge in [0, 0.05) is 11.6 Å². The third kappa shape index (κ3) is 3.32. The Morgan fingerprint density at radius 3 is 2.46 bits per heavy atom. The average Bonchev–Trinajstić information content (AvgIpc) is 3.02. The summed E-state index contributed by atoms with van der Waals surface area (Å²) >= 11 is 0. The number of ether oxygens (including phenoxy) is 1. The van der Waals surface area contributed by atoms with Crippen LogP contribution in [0.3, 0.4) is 0 Å². The van der Waals surface area contributed by atoms with Gasteiger partial charge in [-0.15, -0.1) is 0 Å². The van der Waals surface area contributed by atoms with Crippen LogP contribution in [0.1, 0.15) is 36.0 Å². The van der Waals surface area contributed by atoms with E-state index >= 15 is 0 Å². The highest BCUT2D eigenvalue weighted by Gasteiger charge is 2.37. The molecule has 0 bridgehead atoms. The fourth-order valence-corrected chi connectivity index (χ4v) is 3.04. The lowest BCUT2D eigenvalue weighted by molar-refractivity contribution is -0.144. The maximum Gasteiger partial charge on any atom is 0.331 e. The lowest BCUT2D eigenvalue weighted by atomic mass is 9.89. The van der Waals surface area contributed by atoms with E-state index in [9.17, 15) is 9.90 Å². The van der Waals surface area contributed by atoms with Crippen LogP contribution in [-0.2, 0) is 9.53 Å². The van der Waals surface area contributed by atoms with Gasteiger partial charge in [-0.05, 0) is 43.5 Å². The Kier molecular flexibility index (Phi) is 4.65. The third-order valence-electron chi connectivity index (χ3n) is 4.32. The van der Waals surface area contributed by atoms with E-state index in [1.165, 1.54) is 5.56 Å². The number of aliphatic imine (C=N–C) groups is 1. The summed E-state index contributed by atoms with van der Waals surface area (Å²) in [4.78, 5) is 17.0. The van der Waals surface area contributed by atoms with E-state index in [1.807, 2.05) is 43.3 Å². The minimum Gasteiger partial charge on any atom is -0.508 e. The van der Waals surface area contributed by atoms with Crippen LogP contribution < -0.4 is 0 Å². The van der Waals surface area contributed by atoms with Crippen molar-refractivity contribution in [1.29, 1.82) is 0 Å². The highest BCUT2D eigenvalue weighted by Crippen LogP contribution is 2.35. The molecule has 4 nitrogen and oxygen atoms in total. The lowest BCUT2D eigenvalue weighted by Crippen LogP contribution is -2.25. The van der Waals surface area contributed by atoms with E-state index in [0.717, 1.165) is 16.8 Å². The van der Waals surface area contributed by atoms with Gasteiger partial charge in [-0.3, -0.25) is 4.99 Å². The molecule has 0 fully saturated rings. The number of rotatable bonds is 4. The van der Waals surface area contributed by atoms with Crippen molar-refractivity contribution in [2.45, 2.75) is 32.2 Å². The summed E-state index contributed by atoms with van der Waals surface area (Å²) in [6, 6.07) is 14.6. The van der Waals surface area contributed by atoms with Crippen LogP contribution in [0.25, 0.3) is 0 Å². The number of aryl methyl sites for hydroxylation is 1. The van der Waals surface area contributed by atoms with Crippen LogP contribution in [0, 0.1) is 6.92 Å². The molecule has 0 saturated heterocycles. The maximum atomic E-state index is 12.3. The van der Waals surface area contributed by atoms with Gasteiger partial charge in [-0.1, -0.05) is 42.0 Å². The predicted octanol–water partition coefficient (Wildman–Crippen LogP) is 3.61. The van der Waals surface area contributed by atoms with Gasteiger partial charge in [0.2, 0.25) is 0 Å². The van der Waals surface area contributed by atoms with Crippen molar-refractivity contribution in [2.24, 2.45) is 4.99 Å². The molecule has 0 amide bonds. The predicted molar refractivity (Wildman–Crippen MR) is 93.6 cm³/mol. The van der Waals surface area contributed by atoms with Crippen molar-refractivity contribution in [1.82, 2.24) is 0 Å². The molecule has 1 aliphatic rings. The van der Waals surface area contributed by atoms with Crippen LogP contribution in [0.2, 0.25) is 0 Å². The number of esters is 1. The molecular formula is C20H21NO3. The Morgan fingerprint density at radius 1 is 1.17 bits per heavy atom. The standard InChI is InChI=1S/C20H21NO3/c1-3-24-20(23)19-17(14-8-10-16(22)11-9-14)12-18(21-19)15-6-4-13(2)5-7-15/h4-11,17,19,22H,3,12H2,1-2H3. The molecule has 0 aliphatic carbocycles. The van der Waals surface area contributed by atoms with E-state index < -0.39 is 6.04 Å². The van der Waals surface area contributed by atoms with Crippen LogP contribution >= 0.6 is 0 Å². The number of benzene rings is 2. The first kappa shape index (κ1) is 16.2. The van der Waals surface area contributed by atoms with Crippen molar-refractivity contribution < 1.29 is 14.6 Å². The molecule has 2 unspecified atom stereocenters. The number of phenolic OH excluding ortho intramolecular Hbond substituents is 1. The zero-order valence-electron chi connectivity index (χ0n) is 13.9. The number of phenols is 1. The number of hydrogen-bond donors (Lipinski definition) is 1. The molecule has 4 heteroatoms. The smallest absolute Gasteiger partial charge is 0.331 e. The number of aromatic hydroxyl groups is 1. The Morgan fingerprint density at radius 2 is 1.83 bits per heavy atom. The second-order valence-electron chi connectivity index (χ2n) is 6.04. The Hall–Kier alpha value is -2.62. The molecule has 124 valence electrons. The number of carbonyl (C=O) groups excluding carboxylic acids is 1. The third-order valence-corrected chi connectivity index (χ3v) is 4.32. The Labute approximate surface area is 141 Å². The second kappa shape index (κ2) is 6.87. The molecule has 2 atom stereocenters. The molecule has 0 radical (unpaired) electrons. The number of carbonyl (C=O) groups is 1. The quantitative estimate of drug-likeness (QED) is 0.875. The topological polar surface area (TPSA) is 58.9 Å². The number of hydrogen-bond acceptors (Lipinski definition) is 4. The van der Waals surface area contributed by atoms with Crippen molar-refractivity contribution in [3.8, 4) is 5.75 Å². The summed E-state index contributed by atoms with van der Waals surface area (Å²) in [5, 5.41) is 9.49. The summed E-state index contributed by atoms with van der Waals surface area (Å²) in [7, 11) is 0. The van der Waals surface area contributed by atoms with Crippen molar-refractivity contribution in [3.63, 3.8) is 0 Å². The van der Waals surface area contributed by atoms with Crippen LogP contribution in [0.5, 0.6) is 5.75 Å². The average molecular weight is 323 g/mol. The van der Waals surface area contributed by atoms with Crippen molar-refractivity contribution >= 4 is 11.7 Å². The van der Waals surface area contributed by atoms with Gasteiger partial charge in [0.15, 0.2) is 6.04 Å². The molecule has 2 aromatic rings. The molecule has 24 heavy (non-hydrogen) atoms. The van der Waals surface area contributed by atoms with E-state index in [4.69, 9.17) is 4.74 Å². The van der Waals surface area contributed by atoms with Gasteiger partial charge < -0.3 is 9.84 Å². The zero-order chi connectivity index (χ0) is 17.1. The van der Waals surface area contributed by atoms with Crippen LogP contribution in [-0.4, -0.2) is 29.4 Å². The van der Waals surface area contributed by atoms with Crippen molar-refractivity contribution in [2.75, 3.05) is 6.61 Å². The fraction of sp³-hybridized carbons (Fsp3) is 0.300. The van der Waals surface area contributed by atoms with Gasteiger partial charge >= 0.3 is 5.97 Å². The van der Waals surface area contributed by atoms with Gasteiger partial charge in [-0.25, -0.2) is 4.79 Å². The first-order valence-electron chi connectivity index (χ1n) is 8.17. The van der Waals surface area contributed by atoms with Crippen molar-refractivity contribution in [3.05, 3.63) is 65.2 Å². The largest absolute Gasteiger partial charge is 0.508 e. The minimum atomic E-state index is -0.536. The lowest BCUT2D eigenvalue weighted by Gasteiger charge is -2.17. The SMILES string of the molecule is CCOC(=O)C1N=C(c2ccc(C)cc2)CC1c1ccc(O)cc1. The van der Waals surface area contributed by atoms with E-state index in [2.05, 4.69) is 4.99 Å². The van der Waals surface area contributed by atoms with Gasteiger partial charge in [0.05, 0.1) is 6.61 Å². The van der Waals surface area contributed by atoms with E-state index in [0.29, 0.717) is 13.0 Å². The molecule has 1 N–H and O–H groups in total. The summed E-state index contributed by atoms with van der Waals surface area (Å²) in [6.07, 6.45) is 0.678. The normalized spacial score (nSPS) is 19.8. The molecule has 0 saturated carbocycles. The van der Waals surface area contributed by atoms with E-state index in [1.54, 1.807) is 19.1 Å². The molecule has 2 aromatic carbocycles. The monoisotopic (exact) mass is 323 g/mol. The minimum absolute atomic E-state index is 0.0686. The Balaban J connectivity index is 1.92. The van der Waals surface area contributed by atoms with Crippen LogP contribution in [0.15, 0.2) is 53.5 Å². The van der Waals surface area contributed by atoms with Gasteiger partial charge in [0.25, 0.3) is 0 Å². The first-order chi connectivity index (χ1) is 11.6. The van der Waals surface area contributed by atoms with Crippen LogP contribution in [0.4, 0.5) is 0 Å². The summed E-state index contributed by atoms with van der Waals surface area (Å²) in [6.45, 7) is 4.18. The zero-order valence-corrected chi connectivity index (χ0v) is 13.9. The molecule has 0 aromatic heterocycles. The second-order valence-corrected chi connectivity index (χ2v) is 6.04. The maximum absolute atomic E-state index is 12.3. The fourth-order valence-electron chi connectivity index (χ4n) is 3.04. The molecule has 1 aliphatic heterocycles. The van der Waals surface area contributed by atoms with Gasteiger partial charge in [-0.2, -0.15) is 0 Å². The summed E-state index contributed by atoms with van der Waals surface area (Å²) < 4.78 is 5.21. The summed E-state index contributed by atoms with van der Waals surface area (Å²) in [5.41, 5.74) is 4.13. The summed E-state index contributed by atoms with van der Waals surface area (Å²) in [5.74, 6) is -0.150. The first-order valence-corrected chi connectivity index (χ1v) is 8.17. The molecule has 1 heterocycles. The van der Waals surface area contributed by atoms with Gasteiger partial charge in [0.1, 0.15) is 5.75 Å².